The van der Waals surface area contributed by atoms with Crippen molar-refractivity contribution >= 4 is 12.0 Å². The summed E-state index contributed by atoms with van der Waals surface area (Å²) in [6, 6.07) is 10.0. The van der Waals surface area contributed by atoms with E-state index in [0.717, 1.165) is 30.4 Å². The first-order valence-corrected chi connectivity index (χ1v) is 7.59. The van der Waals surface area contributed by atoms with Crippen LogP contribution in [0.1, 0.15) is 43.7 Å². The molecule has 0 aromatic heterocycles. The van der Waals surface area contributed by atoms with Gasteiger partial charge in [-0.2, -0.15) is 5.26 Å². The van der Waals surface area contributed by atoms with E-state index in [2.05, 4.69) is 12.2 Å². The summed E-state index contributed by atoms with van der Waals surface area (Å²) in [6.45, 7) is 4.18. The Morgan fingerprint density at radius 1 is 1.29 bits per heavy atom. The van der Waals surface area contributed by atoms with Gasteiger partial charge in [-0.3, -0.25) is 4.79 Å². The Bertz CT molecular complexity index is 566. The summed E-state index contributed by atoms with van der Waals surface area (Å²) in [6.07, 6.45) is 6.20. The van der Waals surface area contributed by atoms with Crippen LogP contribution < -0.4 is 5.32 Å². The molecular weight excluding hydrogens is 260 g/mol. The van der Waals surface area contributed by atoms with Gasteiger partial charge in [0, 0.05) is 6.04 Å². The van der Waals surface area contributed by atoms with E-state index in [4.69, 9.17) is 0 Å². The zero-order chi connectivity index (χ0) is 15.2. The SMILES string of the molecule is Cc1ccc(/C=C(\C#N)C(=O)N[C@@H]2CCCC[C@@H]2C)cc1. The molecule has 21 heavy (non-hydrogen) atoms. The summed E-state index contributed by atoms with van der Waals surface area (Å²) in [7, 11) is 0. The molecule has 1 aromatic carbocycles. The molecule has 110 valence electrons. The fourth-order valence-corrected chi connectivity index (χ4v) is 2.75. The van der Waals surface area contributed by atoms with Crippen molar-refractivity contribution in [3.05, 3.63) is 41.0 Å². The van der Waals surface area contributed by atoms with Gasteiger partial charge in [-0.1, -0.05) is 49.6 Å². The van der Waals surface area contributed by atoms with Gasteiger partial charge in [0.25, 0.3) is 5.91 Å². The number of nitrogens with zero attached hydrogens (tertiary/aromatic N) is 1. The lowest BCUT2D eigenvalue weighted by atomic mass is 9.86. The number of carbonyl (C=O) groups is 1. The van der Waals surface area contributed by atoms with Crippen molar-refractivity contribution in [1.29, 1.82) is 5.26 Å². The van der Waals surface area contributed by atoms with Crippen molar-refractivity contribution in [2.75, 3.05) is 0 Å². The van der Waals surface area contributed by atoms with E-state index in [0.29, 0.717) is 5.92 Å². The standard InChI is InChI=1S/C18H22N2O/c1-13-7-9-15(10-8-13)11-16(12-19)18(21)20-17-6-4-3-5-14(17)2/h7-11,14,17H,3-6H2,1-2H3,(H,20,21)/b16-11+/t14-,17+/m0/s1. The zero-order valence-electron chi connectivity index (χ0n) is 12.7. The van der Waals surface area contributed by atoms with Gasteiger partial charge in [0.05, 0.1) is 0 Å². The van der Waals surface area contributed by atoms with Crippen LogP contribution in [0.15, 0.2) is 29.8 Å². The normalized spacial score (nSPS) is 22.4. The van der Waals surface area contributed by atoms with E-state index in [9.17, 15) is 10.1 Å². The van der Waals surface area contributed by atoms with E-state index in [1.54, 1.807) is 6.08 Å². The van der Waals surface area contributed by atoms with E-state index in [1.807, 2.05) is 37.3 Å². The first-order valence-electron chi connectivity index (χ1n) is 7.59. The van der Waals surface area contributed by atoms with E-state index >= 15 is 0 Å². The second-order valence-electron chi connectivity index (χ2n) is 5.92. The third-order valence-corrected chi connectivity index (χ3v) is 4.18. The Morgan fingerprint density at radius 3 is 2.57 bits per heavy atom. The Labute approximate surface area is 126 Å². The van der Waals surface area contributed by atoms with E-state index in [-0.39, 0.29) is 17.5 Å². The van der Waals surface area contributed by atoms with Crippen LogP contribution in [0.3, 0.4) is 0 Å². The third kappa shape index (κ3) is 4.19. The molecule has 0 radical (unpaired) electrons. The molecule has 0 saturated heterocycles. The monoisotopic (exact) mass is 282 g/mol. The Kier molecular flexibility index (Phi) is 5.16. The number of carbonyl (C=O) groups excluding carboxylic acids is 1. The lowest BCUT2D eigenvalue weighted by Gasteiger charge is -2.29. The number of hydrogen-bond acceptors (Lipinski definition) is 2. The van der Waals surface area contributed by atoms with E-state index < -0.39 is 0 Å². The summed E-state index contributed by atoms with van der Waals surface area (Å²) in [5.74, 6) is 0.235. The highest BCUT2D eigenvalue weighted by Crippen LogP contribution is 2.24. The highest BCUT2D eigenvalue weighted by Gasteiger charge is 2.23. The van der Waals surface area contributed by atoms with Crippen molar-refractivity contribution in [2.24, 2.45) is 5.92 Å². The highest BCUT2D eigenvalue weighted by molar-refractivity contribution is 6.01. The van der Waals surface area contributed by atoms with Gasteiger partial charge in [-0.15, -0.1) is 0 Å². The van der Waals surface area contributed by atoms with Crippen LogP contribution in [0.5, 0.6) is 0 Å². The Balaban J connectivity index is 2.08. The quantitative estimate of drug-likeness (QED) is 0.680. The number of nitrogens with one attached hydrogen (secondary N) is 1. The van der Waals surface area contributed by atoms with Gasteiger partial charge in [0.15, 0.2) is 0 Å². The molecule has 1 aliphatic carbocycles. The average Bonchev–Trinajstić information content (AvgIpc) is 2.49. The molecule has 1 aliphatic rings. The maximum atomic E-state index is 12.3. The van der Waals surface area contributed by atoms with Crippen LogP contribution in [0.25, 0.3) is 6.08 Å². The predicted octanol–water partition coefficient (Wildman–Crippen LogP) is 3.60. The lowest BCUT2D eigenvalue weighted by Crippen LogP contribution is -2.41. The van der Waals surface area contributed by atoms with Crippen LogP contribution in [0, 0.1) is 24.2 Å². The fourth-order valence-electron chi connectivity index (χ4n) is 2.75. The molecule has 0 heterocycles. The van der Waals surface area contributed by atoms with Crippen LogP contribution in [0.4, 0.5) is 0 Å². The molecule has 0 bridgehead atoms. The minimum absolute atomic E-state index is 0.177. The molecule has 2 rings (SSSR count). The van der Waals surface area contributed by atoms with Crippen LogP contribution in [0.2, 0.25) is 0 Å². The number of hydrogen-bond donors (Lipinski definition) is 1. The molecule has 1 saturated carbocycles. The van der Waals surface area contributed by atoms with Gasteiger partial charge in [-0.05, 0) is 37.3 Å². The molecule has 1 amide bonds. The Hall–Kier alpha value is -2.08. The Morgan fingerprint density at radius 2 is 1.95 bits per heavy atom. The van der Waals surface area contributed by atoms with Crippen molar-refractivity contribution in [2.45, 2.75) is 45.6 Å². The van der Waals surface area contributed by atoms with Crippen molar-refractivity contribution in [3.63, 3.8) is 0 Å². The number of amides is 1. The summed E-state index contributed by atoms with van der Waals surface area (Å²) >= 11 is 0. The predicted molar refractivity (Wildman–Crippen MR) is 84.3 cm³/mol. The van der Waals surface area contributed by atoms with Crippen LogP contribution in [-0.4, -0.2) is 11.9 Å². The minimum Gasteiger partial charge on any atom is -0.348 e. The molecule has 3 nitrogen and oxygen atoms in total. The average molecular weight is 282 g/mol. The molecule has 1 N–H and O–H groups in total. The highest BCUT2D eigenvalue weighted by atomic mass is 16.1. The molecule has 1 fully saturated rings. The van der Waals surface area contributed by atoms with E-state index in [1.165, 1.54) is 6.42 Å². The second kappa shape index (κ2) is 7.08. The number of benzene rings is 1. The molecule has 3 heteroatoms. The van der Waals surface area contributed by atoms with Gasteiger partial charge in [0.1, 0.15) is 11.6 Å². The maximum Gasteiger partial charge on any atom is 0.262 e. The number of aryl methyl sites for hydroxylation is 1. The van der Waals surface area contributed by atoms with Gasteiger partial charge in [-0.25, -0.2) is 0 Å². The fraction of sp³-hybridized carbons (Fsp3) is 0.444. The molecule has 0 aliphatic heterocycles. The molecule has 0 unspecified atom stereocenters. The lowest BCUT2D eigenvalue weighted by molar-refractivity contribution is -0.118. The molecule has 2 atom stereocenters. The van der Waals surface area contributed by atoms with Crippen molar-refractivity contribution in [1.82, 2.24) is 5.32 Å². The van der Waals surface area contributed by atoms with Crippen LogP contribution in [-0.2, 0) is 4.79 Å². The number of rotatable bonds is 3. The number of nitriles is 1. The first-order chi connectivity index (χ1) is 10.1. The second-order valence-corrected chi connectivity index (χ2v) is 5.92. The van der Waals surface area contributed by atoms with Gasteiger partial charge in [0.2, 0.25) is 0 Å². The van der Waals surface area contributed by atoms with Crippen molar-refractivity contribution in [3.8, 4) is 6.07 Å². The third-order valence-electron chi connectivity index (χ3n) is 4.18. The maximum absolute atomic E-state index is 12.3. The molecule has 0 spiro atoms. The largest absolute Gasteiger partial charge is 0.348 e. The topological polar surface area (TPSA) is 52.9 Å². The van der Waals surface area contributed by atoms with Crippen LogP contribution >= 0.6 is 0 Å². The zero-order valence-corrected chi connectivity index (χ0v) is 12.7. The van der Waals surface area contributed by atoms with Gasteiger partial charge < -0.3 is 5.32 Å². The van der Waals surface area contributed by atoms with Crippen molar-refractivity contribution < 1.29 is 4.79 Å². The summed E-state index contributed by atoms with van der Waals surface area (Å²) in [5, 5.41) is 12.3. The summed E-state index contributed by atoms with van der Waals surface area (Å²) < 4.78 is 0. The summed E-state index contributed by atoms with van der Waals surface area (Å²) in [5.41, 5.74) is 2.21. The molecule has 1 aromatic rings. The summed E-state index contributed by atoms with van der Waals surface area (Å²) in [4.78, 5) is 12.3. The first kappa shape index (κ1) is 15.3. The minimum atomic E-state index is -0.253. The van der Waals surface area contributed by atoms with Gasteiger partial charge >= 0.3 is 0 Å². The molecular formula is C18H22N2O. The smallest absolute Gasteiger partial charge is 0.262 e.